The average Bonchev–Trinajstić information content (AvgIpc) is 2.27. The van der Waals surface area contributed by atoms with Crippen LogP contribution in [0.3, 0.4) is 0 Å². The van der Waals surface area contributed by atoms with Crippen LogP contribution >= 0.6 is 0 Å². The van der Waals surface area contributed by atoms with Crippen molar-refractivity contribution in [3.63, 3.8) is 0 Å². The van der Waals surface area contributed by atoms with Crippen molar-refractivity contribution in [1.82, 2.24) is 4.72 Å². The van der Waals surface area contributed by atoms with Gasteiger partial charge in [0.1, 0.15) is 6.54 Å². The van der Waals surface area contributed by atoms with E-state index in [1.54, 1.807) is 6.92 Å². The van der Waals surface area contributed by atoms with Crippen LogP contribution in [-0.4, -0.2) is 26.0 Å². The maximum Gasteiger partial charge on any atom is 0.318 e. The molecule has 17 heavy (non-hydrogen) atoms. The number of nitrogens with one attached hydrogen (secondary N) is 1. The Bertz CT molecular complexity index is 587. The first-order valence-electron chi connectivity index (χ1n) is 4.56. The zero-order chi connectivity index (χ0) is 13.1. The Hall–Kier alpha value is -1.91. The predicted molar refractivity (Wildman–Crippen MR) is 60.3 cm³/mol. The number of nitrogens with zero attached hydrogens (tertiary/aromatic N) is 1. The fourth-order valence-corrected chi connectivity index (χ4v) is 2.11. The van der Waals surface area contributed by atoms with E-state index in [1.165, 1.54) is 18.2 Å². The number of aliphatic carboxylic acids is 1. The molecule has 0 atom stereocenters. The zero-order valence-corrected chi connectivity index (χ0v) is 9.78. The van der Waals surface area contributed by atoms with Gasteiger partial charge >= 0.3 is 5.97 Å². The monoisotopic (exact) mass is 254 g/mol. The van der Waals surface area contributed by atoms with E-state index >= 15 is 0 Å². The minimum Gasteiger partial charge on any atom is -0.480 e. The van der Waals surface area contributed by atoms with Gasteiger partial charge in [0.25, 0.3) is 0 Å². The third kappa shape index (κ3) is 3.27. The third-order valence-corrected chi connectivity index (χ3v) is 3.42. The predicted octanol–water partition coefficient (Wildman–Crippen LogP) is 0.909. The van der Waals surface area contributed by atoms with Gasteiger partial charge in [-0.3, -0.25) is 4.79 Å². The van der Waals surface area contributed by atoms with E-state index in [9.17, 15) is 13.2 Å². The summed E-state index contributed by atoms with van der Waals surface area (Å²) < 4.78 is 25.2. The summed E-state index contributed by atoms with van der Waals surface area (Å²) in [6.07, 6.45) is 0. The zero-order valence-electron chi connectivity index (χ0n) is 8.97. The molecule has 7 heteroatoms. The molecule has 0 aromatic heterocycles. The van der Waals surface area contributed by atoms with Gasteiger partial charge in [-0.15, -0.1) is 0 Å². The second kappa shape index (κ2) is 4.95. The van der Waals surface area contributed by atoms with Crippen LogP contribution in [0.2, 0.25) is 0 Å². The summed E-state index contributed by atoms with van der Waals surface area (Å²) in [6.45, 7) is 7.87. The van der Waals surface area contributed by atoms with E-state index in [0.717, 1.165) is 0 Å². The molecule has 1 aromatic carbocycles. The highest BCUT2D eigenvalue weighted by Crippen LogP contribution is 2.22. The van der Waals surface area contributed by atoms with Crippen molar-refractivity contribution in [2.45, 2.75) is 11.8 Å². The summed E-state index contributed by atoms with van der Waals surface area (Å²) in [4.78, 5) is 13.3. The van der Waals surface area contributed by atoms with E-state index in [0.29, 0.717) is 5.56 Å². The van der Waals surface area contributed by atoms with E-state index in [1.807, 2.05) is 4.72 Å². The molecule has 0 aliphatic heterocycles. The van der Waals surface area contributed by atoms with Crippen LogP contribution in [0, 0.1) is 13.5 Å². The number of hydrogen-bond donors (Lipinski definition) is 2. The van der Waals surface area contributed by atoms with Gasteiger partial charge in [0, 0.05) is 0 Å². The number of benzene rings is 1. The summed E-state index contributed by atoms with van der Waals surface area (Å²) in [5.41, 5.74) is 0.889. The number of carboxylic acid groups (broad SMARTS) is 1. The molecule has 0 aliphatic rings. The molecule has 0 aliphatic carbocycles. The Morgan fingerprint density at radius 3 is 2.71 bits per heavy atom. The lowest BCUT2D eigenvalue weighted by atomic mass is 10.2. The van der Waals surface area contributed by atoms with Crippen molar-refractivity contribution in [3.8, 4) is 0 Å². The molecule has 0 heterocycles. The number of carboxylic acids is 1. The van der Waals surface area contributed by atoms with Gasteiger partial charge in [-0.2, -0.15) is 0 Å². The van der Waals surface area contributed by atoms with Crippen LogP contribution < -0.4 is 4.72 Å². The summed E-state index contributed by atoms with van der Waals surface area (Å²) >= 11 is 0. The maximum atomic E-state index is 11.6. The minimum atomic E-state index is -3.88. The second-order valence-electron chi connectivity index (χ2n) is 3.28. The Morgan fingerprint density at radius 2 is 2.18 bits per heavy atom. The first kappa shape index (κ1) is 13.2. The van der Waals surface area contributed by atoms with Gasteiger partial charge in [0.05, 0.1) is 11.5 Å². The lowest BCUT2D eigenvalue weighted by Gasteiger charge is -2.06. The van der Waals surface area contributed by atoms with E-state index in [2.05, 4.69) is 4.85 Å². The number of carbonyl (C=O) groups is 1. The number of rotatable bonds is 4. The summed E-state index contributed by atoms with van der Waals surface area (Å²) in [5, 5.41) is 8.39. The smallest absolute Gasteiger partial charge is 0.318 e. The first-order chi connectivity index (χ1) is 7.86. The fourth-order valence-electron chi connectivity index (χ4n) is 1.12. The van der Waals surface area contributed by atoms with Crippen LogP contribution in [0.25, 0.3) is 4.85 Å². The molecule has 0 saturated heterocycles. The fraction of sp³-hybridized carbons (Fsp3) is 0.200. The maximum absolute atomic E-state index is 11.6. The molecule has 1 rings (SSSR count). The Balaban J connectivity index is 3.08. The van der Waals surface area contributed by atoms with Crippen molar-refractivity contribution in [2.24, 2.45) is 0 Å². The number of aryl methyl sites for hydroxylation is 1. The molecule has 0 bridgehead atoms. The molecule has 6 nitrogen and oxygen atoms in total. The van der Waals surface area contributed by atoms with Crippen LogP contribution in [-0.2, 0) is 14.8 Å². The van der Waals surface area contributed by atoms with Crippen LogP contribution in [0.5, 0.6) is 0 Å². The number of hydrogen-bond acceptors (Lipinski definition) is 3. The highest BCUT2D eigenvalue weighted by Gasteiger charge is 2.16. The lowest BCUT2D eigenvalue weighted by Crippen LogP contribution is -2.29. The van der Waals surface area contributed by atoms with Gasteiger partial charge < -0.3 is 5.11 Å². The van der Waals surface area contributed by atoms with E-state index in [-0.39, 0.29) is 10.6 Å². The Morgan fingerprint density at radius 1 is 1.53 bits per heavy atom. The van der Waals surface area contributed by atoms with Gasteiger partial charge in [-0.25, -0.2) is 18.0 Å². The van der Waals surface area contributed by atoms with Crippen LogP contribution in [0.4, 0.5) is 5.69 Å². The van der Waals surface area contributed by atoms with Crippen molar-refractivity contribution in [1.29, 1.82) is 0 Å². The quantitative estimate of drug-likeness (QED) is 0.782. The van der Waals surface area contributed by atoms with Crippen molar-refractivity contribution in [2.75, 3.05) is 6.54 Å². The summed E-state index contributed by atoms with van der Waals surface area (Å²) in [6, 6.07) is 4.05. The van der Waals surface area contributed by atoms with Crippen LogP contribution in [0.1, 0.15) is 5.56 Å². The largest absolute Gasteiger partial charge is 0.480 e. The molecular weight excluding hydrogens is 244 g/mol. The van der Waals surface area contributed by atoms with E-state index in [4.69, 9.17) is 11.7 Å². The molecule has 0 radical (unpaired) electrons. The van der Waals surface area contributed by atoms with Gasteiger partial charge in [0.2, 0.25) is 10.0 Å². The van der Waals surface area contributed by atoms with Crippen molar-refractivity contribution in [3.05, 3.63) is 35.2 Å². The lowest BCUT2D eigenvalue weighted by molar-refractivity contribution is -0.135. The van der Waals surface area contributed by atoms with Crippen molar-refractivity contribution < 1.29 is 18.3 Å². The standard InChI is InChI=1S/C10H10N2O4S/c1-7-3-4-8(5-9(7)11-2)17(15,16)12-6-10(13)14/h3-5,12H,6H2,1H3,(H,13,14). The molecule has 2 N–H and O–H groups in total. The SMILES string of the molecule is [C-]#[N+]c1cc(S(=O)(=O)NCC(=O)O)ccc1C. The van der Waals surface area contributed by atoms with Gasteiger partial charge in [-0.1, -0.05) is 6.07 Å². The van der Waals surface area contributed by atoms with E-state index < -0.39 is 22.5 Å². The first-order valence-corrected chi connectivity index (χ1v) is 6.04. The molecule has 0 amide bonds. The molecule has 0 fully saturated rings. The highest BCUT2D eigenvalue weighted by atomic mass is 32.2. The third-order valence-electron chi connectivity index (χ3n) is 2.02. The second-order valence-corrected chi connectivity index (χ2v) is 5.05. The van der Waals surface area contributed by atoms with Crippen molar-refractivity contribution >= 4 is 21.7 Å². The summed E-state index contributed by atoms with van der Waals surface area (Å²) in [7, 11) is -3.88. The molecule has 90 valence electrons. The normalized spacial score (nSPS) is 10.8. The highest BCUT2D eigenvalue weighted by molar-refractivity contribution is 7.89. The average molecular weight is 254 g/mol. The molecule has 0 saturated carbocycles. The molecule has 0 unspecified atom stereocenters. The van der Waals surface area contributed by atoms with Gasteiger partial charge in [-0.05, 0) is 24.6 Å². The molecule has 0 spiro atoms. The van der Waals surface area contributed by atoms with Crippen LogP contribution in [0.15, 0.2) is 23.1 Å². The minimum absolute atomic E-state index is 0.115. The topological polar surface area (TPSA) is 87.8 Å². The Kier molecular flexibility index (Phi) is 3.83. The summed E-state index contributed by atoms with van der Waals surface area (Å²) in [5.74, 6) is -1.27. The molecular formula is C10H10N2O4S. The van der Waals surface area contributed by atoms with Gasteiger partial charge in [0.15, 0.2) is 5.69 Å². The number of sulfonamides is 1. The Labute approximate surface area is 98.8 Å². The molecule has 1 aromatic rings.